The Balaban J connectivity index is 1.92. The summed E-state index contributed by atoms with van der Waals surface area (Å²) in [5.41, 5.74) is 0.427. The van der Waals surface area contributed by atoms with Gasteiger partial charge in [-0.2, -0.15) is 4.31 Å². The number of anilines is 1. The Morgan fingerprint density at radius 3 is 2.32 bits per heavy atom. The van der Waals surface area contributed by atoms with Crippen LogP contribution >= 0.6 is 0 Å². The molecule has 0 radical (unpaired) electrons. The fraction of sp³-hybridized carbons (Fsp3) is 0.579. The number of carbonyl (C=O) groups excluding carboxylic acids is 2. The average molecular weight is 413 g/mol. The molecule has 1 aromatic rings. The van der Waals surface area contributed by atoms with E-state index in [0.29, 0.717) is 44.3 Å². The molecule has 9 heteroatoms. The summed E-state index contributed by atoms with van der Waals surface area (Å²) in [5.74, 6) is -0.506. The van der Waals surface area contributed by atoms with Crippen LogP contribution in [0.1, 0.15) is 33.6 Å². The summed E-state index contributed by atoms with van der Waals surface area (Å²) in [6.45, 7) is 6.90. The van der Waals surface area contributed by atoms with Crippen molar-refractivity contribution in [2.75, 3.05) is 31.6 Å². The van der Waals surface area contributed by atoms with E-state index in [0.717, 1.165) is 0 Å². The molecular weight excluding hydrogens is 384 g/mol. The van der Waals surface area contributed by atoms with Crippen molar-refractivity contribution in [3.63, 3.8) is 0 Å². The van der Waals surface area contributed by atoms with Gasteiger partial charge in [0.25, 0.3) is 5.91 Å². The number of carbonyl (C=O) groups is 2. The summed E-state index contributed by atoms with van der Waals surface area (Å²) in [6.07, 6.45) is 0.0340. The quantitative estimate of drug-likeness (QED) is 0.656. The van der Waals surface area contributed by atoms with Gasteiger partial charge in [0.2, 0.25) is 10.0 Å². The minimum Gasteiger partial charge on any atom is -0.453 e. The first-order valence-corrected chi connectivity index (χ1v) is 10.8. The highest BCUT2D eigenvalue weighted by molar-refractivity contribution is 7.89. The molecular formula is C19H28N2O6S. The molecule has 1 aromatic carbocycles. The fourth-order valence-corrected chi connectivity index (χ4v) is 4.01. The van der Waals surface area contributed by atoms with Crippen LogP contribution in [0.4, 0.5) is 5.69 Å². The van der Waals surface area contributed by atoms with Gasteiger partial charge in [-0.3, -0.25) is 9.59 Å². The predicted molar refractivity (Wildman–Crippen MR) is 104 cm³/mol. The number of hydrogen-bond acceptors (Lipinski definition) is 6. The number of hydrogen-bond donors (Lipinski definition) is 1. The van der Waals surface area contributed by atoms with Crippen molar-refractivity contribution in [3.8, 4) is 0 Å². The lowest BCUT2D eigenvalue weighted by Crippen LogP contribution is -2.40. The Kier molecular flexibility index (Phi) is 7.97. The van der Waals surface area contributed by atoms with Crippen molar-refractivity contribution >= 4 is 27.6 Å². The first-order valence-electron chi connectivity index (χ1n) is 9.38. The summed E-state index contributed by atoms with van der Waals surface area (Å²) in [6, 6.07) is 5.91. The standard InChI is InChI=1S/C19H28N2O6S/c1-14(2)4-9-18(22)27-15(3)19(23)20-16-5-7-17(8-6-16)28(24,25)21-10-12-26-13-11-21/h5-8,14-15H,4,9-13H2,1-3H3,(H,20,23)/t15-/m0/s1. The normalized spacial score (nSPS) is 16.6. The fourth-order valence-electron chi connectivity index (χ4n) is 2.61. The minimum atomic E-state index is -3.58. The second kappa shape index (κ2) is 9.99. The van der Waals surface area contributed by atoms with E-state index in [9.17, 15) is 18.0 Å². The monoisotopic (exact) mass is 412 g/mol. The van der Waals surface area contributed by atoms with Gasteiger partial charge in [0, 0.05) is 25.2 Å². The molecule has 8 nitrogen and oxygen atoms in total. The topological polar surface area (TPSA) is 102 Å². The van der Waals surface area contributed by atoms with Crippen LogP contribution in [0, 0.1) is 5.92 Å². The third kappa shape index (κ3) is 6.29. The molecule has 0 unspecified atom stereocenters. The molecule has 2 rings (SSSR count). The number of nitrogens with one attached hydrogen (secondary N) is 1. The summed E-state index contributed by atoms with van der Waals surface area (Å²) >= 11 is 0. The first-order chi connectivity index (χ1) is 13.2. The van der Waals surface area contributed by atoms with Crippen molar-refractivity contribution in [2.24, 2.45) is 5.92 Å². The molecule has 1 atom stereocenters. The molecule has 0 aromatic heterocycles. The number of esters is 1. The summed E-state index contributed by atoms with van der Waals surface area (Å²) in [5, 5.41) is 2.63. The highest BCUT2D eigenvalue weighted by atomic mass is 32.2. The van der Waals surface area contributed by atoms with E-state index >= 15 is 0 Å². The zero-order valence-corrected chi connectivity index (χ0v) is 17.3. The number of amides is 1. The molecule has 0 aliphatic carbocycles. The molecule has 1 heterocycles. The maximum atomic E-state index is 12.6. The number of sulfonamides is 1. The van der Waals surface area contributed by atoms with Gasteiger partial charge in [0.15, 0.2) is 6.10 Å². The number of morpholine rings is 1. The Morgan fingerprint density at radius 2 is 1.75 bits per heavy atom. The highest BCUT2D eigenvalue weighted by Gasteiger charge is 2.26. The summed E-state index contributed by atoms with van der Waals surface area (Å²) in [4.78, 5) is 24.1. The van der Waals surface area contributed by atoms with Gasteiger partial charge in [-0.25, -0.2) is 8.42 Å². The van der Waals surface area contributed by atoms with Crippen LogP contribution < -0.4 is 5.32 Å². The minimum absolute atomic E-state index is 0.153. The second-order valence-electron chi connectivity index (χ2n) is 7.09. The lowest BCUT2D eigenvalue weighted by atomic mass is 10.1. The van der Waals surface area contributed by atoms with E-state index < -0.39 is 28.0 Å². The van der Waals surface area contributed by atoms with E-state index in [1.165, 1.54) is 35.5 Å². The third-order valence-electron chi connectivity index (χ3n) is 4.33. The van der Waals surface area contributed by atoms with Crippen LogP contribution in [0.5, 0.6) is 0 Å². The van der Waals surface area contributed by atoms with Gasteiger partial charge >= 0.3 is 5.97 Å². The Hall–Kier alpha value is -1.97. The lowest BCUT2D eigenvalue weighted by Gasteiger charge is -2.26. The van der Waals surface area contributed by atoms with Crippen LogP contribution in [0.25, 0.3) is 0 Å². The van der Waals surface area contributed by atoms with Crippen molar-refractivity contribution in [2.45, 2.75) is 44.6 Å². The predicted octanol–water partition coefficient (Wildman–Crippen LogP) is 2.01. The molecule has 0 spiro atoms. The summed E-state index contributed by atoms with van der Waals surface area (Å²) in [7, 11) is -3.58. The van der Waals surface area contributed by atoms with E-state index in [-0.39, 0.29) is 11.3 Å². The summed E-state index contributed by atoms with van der Waals surface area (Å²) < 4.78 is 36.9. The van der Waals surface area contributed by atoms with E-state index in [1.54, 1.807) is 0 Å². The van der Waals surface area contributed by atoms with Crippen molar-refractivity contribution in [1.82, 2.24) is 4.31 Å². The maximum Gasteiger partial charge on any atom is 0.306 e. The molecule has 28 heavy (non-hydrogen) atoms. The molecule has 1 amide bonds. The first kappa shape index (κ1) is 22.3. The van der Waals surface area contributed by atoms with Gasteiger partial charge in [0.05, 0.1) is 18.1 Å². The number of ether oxygens (including phenoxy) is 2. The Labute approximate surface area is 166 Å². The second-order valence-corrected chi connectivity index (χ2v) is 9.03. The van der Waals surface area contributed by atoms with E-state index in [2.05, 4.69) is 5.32 Å². The molecule has 1 saturated heterocycles. The molecule has 0 bridgehead atoms. The van der Waals surface area contributed by atoms with E-state index in [4.69, 9.17) is 9.47 Å². The Morgan fingerprint density at radius 1 is 1.14 bits per heavy atom. The zero-order chi connectivity index (χ0) is 20.7. The number of rotatable bonds is 8. The molecule has 156 valence electrons. The third-order valence-corrected chi connectivity index (χ3v) is 6.25. The van der Waals surface area contributed by atoms with Crippen LogP contribution in [0.2, 0.25) is 0 Å². The van der Waals surface area contributed by atoms with Gasteiger partial charge < -0.3 is 14.8 Å². The molecule has 1 N–H and O–H groups in total. The van der Waals surface area contributed by atoms with Crippen LogP contribution in [-0.4, -0.2) is 57.0 Å². The van der Waals surface area contributed by atoms with Gasteiger partial charge in [0.1, 0.15) is 0 Å². The zero-order valence-electron chi connectivity index (χ0n) is 16.5. The molecule has 1 aliphatic rings. The van der Waals surface area contributed by atoms with Gasteiger partial charge in [-0.15, -0.1) is 0 Å². The number of nitrogens with zero attached hydrogens (tertiary/aromatic N) is 1. The molecule has 0 saturated carbocycles. The van der Waals surface area contributed by atoms with E-state index in [1.807, 2.05) is 13.8 Å². The van der Waals surface area contributed by atoms with Crippen molar-refractivity contribution < 1.29 is 27.5 Å². The largest absolute Gasteiger partial charge is 0.453 e. The smallest absolute Gasteiger partial charge is 0.306 e. The van der Waals surface area contributed by atoms with Crippen LogP contribution in [-0.2, 0) is 29.1 Å². The SMILES string of the molecule is CC(C)CCC(=O)O[C@@H](C)C(=O)Nc1ccc(S(=O)(=O)N2CCOCC2)cc1. The van der Waals surface area contributed by atoms with Crippen molar-refractivity contribution in [3.05, 3.63) is 24.3 Å². The maximum absolute atomic E-state index is 12.6. The lowest BCUT2D eigenvalue weighted by molar-refractivity contribution is -0.153. The van der Waals surface area contributed by atoms with Crippen LogP contribution in [0.3, 0.4) is 0 Å². The molecule has 1 fully saturated rings. The van der Waals surface area contributed by atoms with Gasteiger partial charge in [-0.1, -0.05) is 13.8 Å². The van der Waals surface area contributed by atoms with Gasteiger partial charge in [-0.05, 0) is 43.5 Å². The highest BCUT2D eigenvalue weighted by Crippen LogP contribution is 2.19. The average Bonchev–Trinajstić information content (AvgIpc) is 2.67. The van der Waals surface area contributed by atoms with Crippen molar-refractivity contribution in [1.29, 1.82) is 0 Å². The van der Waals surface area contributed by atoms with Crippen LogP contribution in [0.15, 0.2) is 29.2 Å². The number of benzene rings is 1. The molecule has 1 aliphatic heterocycles. The Bertz CT molecular complexity index is 770.